The highest BCUT2D eigenvalue weighted by Gasteiger charge is 2.20. The molecule has 6 heteroatoms. The molecular weight excluding hydrogens is 382 g/mol. The first-order chi connectivity index (χ1) is 13.9. The molecule has 152 valence electrons. The van der Waals surface area contributed by atoms with Crippen LogP contribution in [-0.4, -0.2) is 32.2 Å². The van der Waals surface area contributed by atoms with Gasteiger partial charge in [0.15, 0.2) is 5.16 Å². The average molecular weight is 410 g/mol. The van der Waals surface area contributed by atoms with Crippen LogP contribution in [0.15, 0.2) is 64.5 Å². The Morgan fingerprint density at radius 3 is 2.34 bits per heavy atom. The number of amides is 1. The molecule has 0 saturated heterocycles. The molecule has 0 unspecified atom stereocenters. The van der Waals surface area contributed by atoms with Crippen molar-refractivity contribution in [3.8, 4) is 0 Å². The van der Waals surface area contributed by atoms with Gasteiger partial charge in [-0.25, -0.2) is 4.98 Å². The Morgan fingerprint density at radius 2 is 1.69 bits per heavy atom. The molecule has 0 aliphatic carbocycles. The zero-order valence-electron chi connectivity index (χ0n) is 17.3. The average Bonchev–Trinajstić information content (AvgIpc) is 2.70. The van der Waals surface area contributed by atoms with Gasteiger partial charge in [0, 0.05) is 18.6 Å². The molecule has 2 aromatic carbocycles. The predicted molar refractivity (Wildman–Crippen MR) is 119 cm³/mol. The highest BCUT2D eigenvalue weighted by molar-refractivity contribution is 7.99. The summed E-state index contributed by atoms with van der Waals surface area (Å²) in [6, 6.07) is 17.4. The maximum Gasteiger partial charge on any atom is 0.262 e. The quantitative estimate of drug-likeness (QED) is 0.426. The summed E-state index contributed by atoms with van der Waals surface area (Å²) >= 11 is 1.33. The molecule has 1 amide bonds. The van der Waals surface area contributed by atoms with Crippen molar-refractivity contribution >= 4 is 28.6 Å². The van der Waals surface area contributed by atoms with Crippen LogP contribution in [0.5, 0.6) is 0 Å². The molecule has 1 aromatic heterocycles. The fourth-order valence-electron chi connectivity index (χ4n) is 3.23. The van der Waals surface area contributed by atoms with Crippen molar-refractivity contribution in [3.63, 3.8) is 0 Å². The number of hydrogen-bond donors (Lipinski definition) is 0. The van der Waals surface area contributed by atoms with Gasteiger partial charge in [0.1, 0.15) is 0 Å². The summed E-state index contributed by atoms with van der Waals surface area (Å²) in [6.07, 6.45) is 0. The topological polar surface area (TPSA) is 55.2 Å². The molecule has 3 rings (SSSR count). The van der Waals surface area contributed by atoms with E-state index in [2.05, 4.69) is 4.98 Å². The predicted octanol–water partition coefficient (Wildman–Crippen LogP) is 4.51. The van der Waals surface area contributed by atoms with E-state index in [1.807, 2.05) is 81.1 Å². The maximum atomic E-state index is 13.0. The Hall–Kier alpha value is -2.60. The van der Waals surface area contributed by atoms with Gasteiger partial charge in [-0.1, -0.05) is 54.2 Å². The van der Waals surface area contributed by atoms with Crippen LogP contribution in [0.3, 0.4) is 0 Å². The number of aromatic nitrogens is 2. The van der Waals surface area contributed by atoms with Gasteiger partial charge in [-0.3, -0.25) is 14.2 Å². The van der Waals surface area contributed by atoms with Crippen LogP contribution < -0.4 is 5.56 Å². The van der Waals surface area contributed by atoms with E-state index in [-0.39, 0.29) is 29.3 Å². The number of nitrogens with zero attached hydrogens (tertiary/aromatic N) is 3. The summed E-state index contributed by atoms with van der Waals surface area (Å²) < 4.78 is 1.68. The lowest BCUT2D eigenvalue weighted by molar-refractivity contribution is -0.130. The second-order valence-corrected chi connectivity index (χ2v) is 8.51. The largest absolute Gasteiger partial charge is 0.335 e. The van der Waals surface area contributed by atoms with Gasteiger partial charge < -0.3 is 4.90 Å². The van der Waals surface area contributed by atoms with Crippen LogP contribution in [0.1, 0.15) is 39.3 Å². The number of carbonyl (C=O) groups is 1. The third kappa shape index (κ3) is 4.88. The van der Waals surface area contributed by atoms with E-state index in [0.717, 1.165) is 5.56 Å². The second-order valence-electron chi connectivity index (χ2n) is 7.57. The van der Waals surface area contributed by atoms with E-state index in [9.17, 15) is 9.59 Å². The number of fused-ring (bicyclic) bond motifs is 1. The van der Waals surface area contributed by atoms with Gasteiger partial charge in [0.05, 0.1) is 16.7 Å². The van der Waals surface area contributed by atoms with E-state index in [1.165, 1.54) is 11.8 Å². The molecule has 0 atom stereocenters. The van der Waals surface area contributed by atoms with Crippen LogP contribution in [0.4, 0.5) is 0 Å². The smallest absolute Gasteiger partial charge is 0.262 e. The lowest BCUT2D eigenvalue weighted by Crippen LogP contribution is -2.37. The highest BCUT2D eigenvalue weighted by Crippen LogP contribution is 2.22. The van der Waals surface area contributed by atoms with Gasteiger partial charge in [-0.05, 0) is 45.4 Å². The van der Waals surface area contributed by atoms with Gasteiger partial charge in [0.25, 0.3) is 5.56 Å². The minimum Gasteiger partial charge on any atom is -0.335 e. The summed E-state index contributed by atoms with van der Waals surface area (Å²) in [7, 11) is 0. The number of benzene rings is 2. The first-order valence-corrected chi connectivity index (χ1v) is 10.8. The molecule has 1 heterocycles. The molecule has 0 saturated carbocycles. The van der Waals surface area contributed by atoms with Gasteiger partial charge in [-0.15, -0.1) is 0 Å². The van der Waals surface area contributed by atoms with E-state index in [4.69, 9.17) is 0 Å². The normalized spacial score (nSPS) is 11.4. The van der Waals surface area contributed by atoms with Crippen LogP contribution in [0, 0.1) is 0 Å². The van der Waals surface area contributed by atoms with Crippen molar-refractivity contribution < 1.29 is 4.79 Å². The maximum absolute atomic E-state index is 13.0. The van der Waals surface area contributed by atoms with Crippen molar-refractivity contribution in [2.24, 2.45) is 0 Å². The molecule has 0 fully saturated rings. The molecule has 29 heavy (non-hydrogen) atoms. The summed E-state index contributed by atoms with van der Waals surface area (Å²) in [4.78, 5) is 32.4. The third-order valence-electron chi connectivity index (χ3n) is 4.76. The first-order valence-electron chi connectivity index (χ1n) is 9.86. The number of thioether (sulfide) groups is 1. The fraction of sp³-hybridized carbons (Fsp3) is 0.348. The molecule has 0 spiro atoms. The number of hydrogen-bond acceptors (Lipinski definition) is 4. The van der Waals surface area contributed by atoms with E-state index < -0.39 is 0 Å². The lowest BCUT2D eigenvalue weighted by atomic mass is 10.2. The summed E-state index contributed by atoms with van der Waals surface area (Å²) in [5.41, 5.74) is 1.70. The Balaban J connectivity index is 1.84. The van der Waals surface area contributed by atoms with Crippen molar-refractivity contribution in [1.82, 2.24) is 14.5 Å². The Labute approximate surface area is 175 Å². The van der Waals surface area contributed by atoms with E-state index in [1.54, 1.807) is 10.6 Å². The SMILES string of the molecule is CC(C)N(Cc1ccccc1)C(=O)CSc1nc2ccccc2c(=O)n1C(C)C. The van der Waals surface area contributed by atoms with Crippen molar-refractivity contribution in [2.75, 3.05) is 5.75 Å². The van der Waals surface area contributed by atoms with Crippen LogP contribution in [0.2, 0.25) is 0 Å². The highest BCUT2D eigenvalue weighted by atomic mass is 32.2. The zero-order valence-corrected chi connectivity index (χ0v) is 18.1. The van der Waals surface area contributed by atoms with Crippen LogP contribution in [0.25, 0.3) is 10.9 Å². The van der Waals surface area contributed by atoms with Crippen LogP contribution in [-0.2, 0) is 11.3 Å². The molecule has 5 nitrogen and oxygen atoms in total. The van der Waals surface area contributed by atoms with Gasteiger partial charge in [-0.2, -0.15) is 0 Å². The van der Waals surface area contributed by atoms with Crippen molar-refractivity contribution in [1.29, 1.82) is 0 Å². The summed E-state index contributed by atoms with van der Waals surface area (Å²) in [5, 5.41) is 1.19. The fourth-order valence-corrected chi connectivity index (χ4v) is 4.24. The molecule has 0 bridgehead atoms. The number of rotatable bonds is 7. The van der Waals surface area contributed by atoms with Gasteiger partial charge >= 0.3 is 0 Å². The first kappa shape index (κ1) is 21.1. The van der Waals surface area contributed by atoms with Crippen molar-refractivity contribution in [2.45, 2.75) is 51.5 Å². The zero-order chi connectivity index (χ0) is 21.0. The van der Waals surface area contributed by atoms with Gasteiger partial charge in [0.2, 0.25) is 5.91 Å². The van der Waals surface area contributed by atoms with Crippen molar-refractivity contribution in [3.05, 3.63) is 70.5 Å². The lowest BCUT2D eigenvalue weighted by Gasteiger charge is -2.27. The second kappa shape index (κ2) is 9.27. The third-order valence-corrected chi connectivity index (χ3v) is 5.69. The molecule has 0 aliphatic rings. The van der Waals surface area contributed by atoms with E-state index in [0.29, 0.717) is 22.6 Å². The molecule has 0 N–H and O–H groups in total. The minimum atomic E-state index is -0.0643. The molecule has 0 aliphatic heterocycles. The molecule has 0 radical (unpaired) electrons. The summed E-state index contributed by atoms with van der Waals surface area (Å²) in [6.45, 7) is 8.52. The molecular formula is C23H27N3O2S. The summed E-state index contributed by atoms with van der Waals surface area (Å²) in [5.74, 6) is 0.272. The Kier molecular flexibility index (Phi) is 6.75. The Morgan fingerprint density at radius 1 is 1.03 bits per heavy atom. The molecule has 3 aromatic rings. The van der Waals surface area contributed by atoms with Crippen LogP contribution >= 0.6 is 11.8 Å². The monoisotopic (exact) mass is 409 g/mol. The minimum absolute atomic E-state index is 0.0339. The Bertz CT molecular complexity index is 1040. The number of para-hydroxylation sites is 1. The number of carbonyl (C=O) groups excluding carboxylic acids is 1. The standard InChI is InChI=1S/C23H27N3O2S/c1-16(2)25(14-18-10-6-5-7-11-18)21(27)15-29-23-24-20-13-9-8-12-19(20)22(28)26(23)17(3)4/h5-13,16-17H,14-15H2,1-4H3. The van der Waals surface area contributed by atoms with E-state index >= 15 is 0 Å².